The van der Waals surface area contributed by atoms with E-state index in [0.29, 0.717) is 12.6 Å². The van der Waals surface area contributed by atoms with Crippen LogP contribution in [0.4, 0.5) is 0 Å². The summed E-state index contributed by atoms with van der Waals surface area (Å²) in [5, 5.41) is 6.86. The van der Waals surface area contributed by atoms with Crippen molar-refractivity contribution in [2.24, 2.45) is 4.99 Å². The first-order valence-electron chi connectivity index (χ1n) is 9.71. The van der Waals surface area contributed by atoms with E-state index < -0.39 is 0 Å². The zero-order chi connectivity index (χ0) is 19.8. The maximum Gasteiger partial charge on any atom is 0.191 e. The van der Waals surface area contributed by atoms with Gasteiger partial charge in [0, 0.05) is 38.3 Å². The number of furan rings is 1. The molecule has 0 spiro atoms. The van der Waals surface area contributed by atoms with E-state index in [1.165, 1.54) is 5.56 Å². The molecule has 3 rings (SSSR count). The van der Waals surface area contributed by atoms with E-state index in [4.69, 9.17) is 13.9 Å². The molecule has 1 aliphatic rings. The number of rotatable bonds is 8. The summed E-state index contributed by atoms with van der Waals surface area (Å²) < 4.78 is 16.1. The van der Waals surface area contributed by atoms with Crippen LogP contribution < -0.4 is 20.1 Å². The zero-order valence-corrected chi connectivity index (χ0v) is 16.9. The third-order valence-corrected chi connectivity index (χ3v) is 4.75. The molecule has 0 radical (unpaired) electrons. The van der Waals surface area contributed by atoms with Gasteiger partial charge in [-0.25, -0.2) is 4.99 Å². The van der Waals surface area contributed by atoms with Crippen molar-refractivity contribution in [1.82, 2.24) is 15.5 Å². The van der Waals surface area contributed by atoms with Crippen molar-refractivity contribution in [3.63, 3.8) is 0 Å². The molecule has 1 aromatic carbocycles. The molecule has 1 saturated heterocycles. The van der Waals surface area contributed by atoms with Gasteiger partial charge in [-0.3, -0.25) is 4.90 Å². The third-order valence-electron chi connectivity index (χ3n) is 4.75. The molecule has 1 unspecified atom stereocenters. The van der Waals surface area contributed by atoms with Gasteiger partial charge in [-0.1, -0.05) is 0 Å². The van der Waals surface area contributed by atoms with E-state index in [-0.39, 0.29) is 0 Å². The summed E-state index contributed by atoms with van der Waals surface area (Å²) in [5.41, 5.74) is 1.19. The molecule has 28 heavy (non-hydrogen) atoms. The fourth-order valence-corrected chi connectivity index (χ4v) is 3.38. The first kappa shape index (κ1) is 20.1. The summed E-state index contributed by atoms with van der Waals surface area (Å²) in [4.78, 5) is 7.06. The molecule has 7 heteroatoms. The predicted octanol–water partition coefficient (Wildman–Crippen LogP) is 2.63. The SMILES string of the molecule is CCNC(=NCc1ccco1)NC1CCN(Cc2cc(OC)cc(OC)c2)C1. The molecule has 1 fully saturated rings. The number of nitrogens with one attached hydrogen (secondary N) is 2. The summed E-state index contributed by atoms with van der Waals surface area (Å²) in [6.45, 7) is 6.29. The number of ether oxygens (including phenoxy) is 2. The Morgan fingerprint density at radius 3 is 2.68 bits per heavy atom. The molecule has 2 N–H and O–H groups in total. The number of likely N-dealkylation sites (tertiary alicyclic amines) is 1. The summed E-state index contributed by atoms with van der Waals surface area (Å²) in [7, 11) is 3.36. The molecule has 2 aromatic rings. The molecule has 0 bridgehead atoms. The van der Waals surface area contributed by atoms with Crippen molar-refractivity contribution in [2.75, 3.05) is 33.9 Å². The zero-order valence-electron chi connectivity index (χ0n) is 16.9. The van der Waals surface area contributed by atoms with Crippen LogP contribution in [0.5, 0.6) is 11.5 Å². The van der Waals surface area contributed by atoms with E-state index >= 15 is 0 Å². The Bertz CT molecular complexity index is 739. The van der Waals surface area contributed by atoms with Crippen molar-refractivity contribution in [3.8, 4) is 11.5 Å². The van der Waals surface area contributed by atoms with Crippen LogP contribution in [0.3, 0.4) is 0 Å². The van der Waals surface area contributed by atoms with Gasteiger partial charge < -0.3 is 24.5 Å². The van der Waals surface area contributed by atoms with Crippen LogP contribution in [0.15, 0.2) is 46.0 Å². The van der Waals surface area contributed by atoms with Gasteiger partial charge in [0.05, 0.1) is 20.5 Å². The lowest BCUT2D eigenvalue weighted by Crippen LogP contribution is -2.44. The summed E-state index contributed by atoms with van der Waals surface area (Å²) in [5.74, 6) is 3.33. The van der Waals surface area contributed by atoms with Crippen LogP contribution in [0.1, 0.15) is 24.7 Å². The Kier molecular flexibility index (Phi) is 7.19. The molecule has 1 atom stereocenters. The van der Waals surface area contributed by atoms with Gasteiger partial charge in [-0.2, -0.15) is 0 Å². The minimum absolute atomic E-state index is 0.363. The molecule has 0 amide bonds. The van der Waals surface area contributed by atoms with Crippen molar-refractivity contribution < 1.29 is 13.9 Å². The second kappa shape index (κ2) is 10.0. The highest BCUT2D eigenvalue weighted by Gasteiger charge is 2.23. The van der Waals surface area contributed by atoms with Crippen LogP contribution >= 0.6 is 0 Å². The Morgan fingerprint density at radius 2 is 2.04 bits per heavy atom. The van der Waals surface area contributed by atoms with Crippen molar-refractivity contribution in [2.45, 2.75) is 32.5 Å². The number of methoxy groups -OCH3 is 2. The minimum Gasteiger partial charge on any atom is -0.497 e. The summed E-state index contributed by atoms with van der Waals surface area (Å²) in [6, 6.07) is 10.2. The Labute approximate surface area is 166 Å². The average Bonchev–Trinajstić information content (AvgIpc) is 3.38. The van der Waals surface area contributed by atoms with Gasteiger partial charge in [0.25, 0.3) is 0 Å². The van der Waals surface area contributed by atoms with Gasteiger partial charge in [0.1, 0.15) is 23.8 Å². The lowest BCUT2D eigenvalue weighted by molar-refractivity contribution is 0.321. The lowest BCUT2D eigenvalue weighted by atomic mass is 10.2. The van der Waals surface area contributed by atoms with E-state index in [1.54, 1.807) is 20.5 Å². The first-order chi connectivity index (χ1) is 13.7. The first-order valence-corrected chi connectivity index (χ1v) is 9.71. The number of aliphatic imine (C=N–C) groups is 1. The third kappa shape index (κ3) is 5.66. The Hall–Kier alpha value is -2.67. The van der Waals surface area contributed by atoms with Crippen molar-refractivity contribution in [1.29, 1.82) is 0 Å². The molecular formula is C21H30N4O3. The maximum absolute atomic E-state index is 5.38. The molecule has 1 aromatic heterocycles. The van der Waals surface area contributed by atoms with E-state index in [0.717, 1.165) is 55.8 Å². The van der Waals surface area contributed by atoms with Gasteiger partial charge in [-0.05, 0) is 43.2 Å². The fraction of sp³-hybridized carbons (Fsp3) is 0.476. The molecule has 1 aliphatic heterocycles. The van der Waals surface area contributed by atoms with E-state index in [2.05, 4.69) is 39.6 Å². The Balaban J connectivity index is 1.56. The number of hydrogen-bond donors (Lipinski definition) is 2. The number of nitrogens with zero attached hydrogens (tertiary/aromatic N) is 2. The molecule has 152 valence electrons. The average molecular weight is 386 g/mol. The molecule has 2 heterocycles. The maximum atomic E-state index is 5.38. The predicted molar refractivity (Wildman–Crippen MR) is 110 cm³/mol. The number of hydrogen-bond acceptors (Lipinski definition) is 5. The topological polar surface area (TPSA) is 71.3 Å². The lowest BCUT2D eigenvalue weighted by Gasteiger charge is -2.19. The van der Waals surface area contributed by atoms with E-state index in [1.807, 2.05) is 18.2 Å². The standard InChI is InChI=1S/C21H30N4O3/c1-4-22-21(23-13-18-6-5-9-28-18)24-17-7-8-25(15-17)14-16-10-19(26-2)12-20(11-16)27-3/h5-6,9-12,17H,4,7-8,13-15H2,1-3H3,(H2,22,23,24). The van der Waals surface area contributed by atoms with Crippen molar-refractivity contribution in [3.05, 3.63) is 47.9 Å². The van der Waals surface area contributed by atoms with Gasteiger partial charge in [0.15, 0.2) is 5.96 Å². The molecule has 0 aliphatic carbocycles. The van der Waals surface area contributed by atoms with Crippen LogP contribution in [0, 0.1) is 0 Å². The van der Waals surface area contributed by atoms with Gasteiger partial charge >= 0.3 is 0 Å². The monoisotopic (exact) mass is 386 g/mol. The van der Waals surface area contributed by atoms with Crippen molar-refractivity contribution >= 4 is 5.96 Å². The smallest absolute Gasteiger partial charge is 0.191 e. The van der Waals surface area contributed by atoms with Crippen LogP contribution in [-0.2, 0) is 13.1 Å². The molecule has 0 saturated carbocycles. The van der Waals surface area contributed by atoms with Gasteiger partial charge in [-0.15, -0.1) is 0 Å². The summed E-state index contributed by atoms with van der Waals surface area (Å²) in [6.07, 6.45) is 2.75. The molecular weight excluding hydrogens is 356 g/mol. The normalized spacial score (nSPS) is 17.5. The highest BCUT2D eigenvalue weighted by atomic mass is 16.5. The van der Waals surface area contributed by atoms with E-state index in [9.17, 15) is 0 Å². The van der Waals surface area contributed by atoms with Crippen LogP contribution in [-0.4, -0.2) is 50.8 Å². The second-order valence-corrected chi connectivity index (χ2v) is 6.86. The van der Waals surface area contributed by atoms with Gasteiger partial charge in [0.2, 0.25) is 0 Å². The Morgan fingerprint density at radius 1 is 1.25 bits per heavy atom. The minimum atomic E-state index is 0.363. The highest BCUT2D eigenvalue weighted by Crippen LogP contribution is 2.24. The largest absolute Gasteiger partial charge is 0.497 e. The fourth-order valence-electron chi connectivity index (χ4n) is 3.38. The van der Waals surface area contributed by atoms with Crippen LogP contribution in [0.2, 0.25) is 0 Å². The highest BCUT2D eigenvalue weighted by molar-refractivity contribution is 5.80. The quantitative estimate of drug-likeness (QED) is 0.537. The number of benzene rings is 1. The second-order valence-electron chi connectivity index (χ2n) is 6.86. The summed E-state index contributed by atoms with van der Waals surface area (Å²) >= 11 is 0. The number of guanidine groups is 1. The van der Waals surface area contributed by atoms with Crippen LogP contribution in [0.25, 0.3) is 0 Å². The molecule has 7 nitrogen and oxygen atoms in total.